The number of aliphatic hydroxyl groups excluding tert-OH is 2. The molecule has 53 heavy (non-hydrogen) atoms. The van der Waals surface area contributed by atoms with E-state index in [9.17, 15) is 39.0 Å². The molecule has 0 aliphatic heterocycles. The van der Waals surface area contributed by atoms with Crippen LogP contribution in [-0.2, 0) is 28.8 Å². The molecule has 0 radical (unpaired) electrons. The molecule has 6 amide bonds. The van der Waals surface area contributed by atoms with Crippen LogP contribution in [0, 0.1) is 5.92 Å². The summed E-state index contributed by atoms with van der Waals surface area (Å²) in [6.07, 6.45) is 0.268. The molecule has 0 aromatic heterocycles. The molecule has 15 nitrogen and oxygen atoms in total. The predicted octanol–water partition coefficient (Wildman–Crippen LogP) is 0.804. The molecule has 16 heteroatoms. The van der Waals surface area contributed by atoms with Crippen molar-refractivity contribution in [3.63, 3.8) is 0 Å². The minimum Gasteiger partial charge on any atom is -0.383 e. The van der Waals surface area contributed by atoms with Crippen molar-refractivity contribution in [1.82, 2.24) is 31.1 Å². The van der Waals surface area contributed by atoms with Crippen molar-refractivity contribution >= 4 is 47.9 Å². The van der Waals surface area contributed by atoms with E-state index < -0.39 is 54.0 Å². The summed E-state index contributed by atoms with van der Waals surface area (Å²) < 4.78 is 0. The highest BCUT2D eigenvalue weighted by atomic mass is 35.5. The monoisotopic (exact) mass is 763 g/mol. The topological polar surface area (TPSA) is 223 Å². The van der Waals surface area contributed by atoms with Gasteiger partial charge in [0, 0.05) is 34.2 Å². The number of carbonyl (C=O) groups is 6. The van der Waals surface area contributed by atoms with Crippen molar-refractivity contribution in [3.8, 4) is 0 Å². The molecule has 6 atom stereocenters. The number of nitrogens with zero attached hydrogens (tertiary/aromatic N) is 2. The Morgan fingerprint density at radius 3 is 1.34 bits per heavy atom. The van der Waals surface area contributed by atoms with Gasteiger partial charge in [-0.25, -0.2) is 0 Å². The maximum Gasteiger partial charge on any atom is 0.250 e. The van der Waals surface area contributed by atoms with Crippen LogP contribution in [0.25, 0.3) is 0 Å². The number of hydrogen-bond donors (Lipinski definition) is 7. The zero-order chi connectivity index (χ0) is 39.4. The Morgan fingerprint density at radius 2 is 1.00 bits per heavy atom. The maximum atomic E-state index is 12.4. The number of aliphatic hydroxyl groups is 2. The lowest BCUT2D eigenvalue weighted by Gasteiger charge is -2.22. The average molecular weight is 764 g/mol. The second-order valence-corrected chi connectivity index (χ2v) is 12.8. The van der Waals surface area contributed by atoms with Gasteiger partial charge < -0.3 is 47.0 Å². The fraction of sp³-hybridized carbons (Fsp3) is 0.514. The van der Waals surface area contributed by atoms with Gasteiger partial charge in [0.15, 0.2) is 0 Å². The Hall–Kier alpha value is -4.57. The van der Waals surface area contributed by atoms with Gasteiger partial charge >= 0.3 is 0 Å². The van der Waals surface area contributed by atoms with Gasteiger partial charge in [-0.3, -0.25) is 28.8 Å². The van der Waals surface area contributed by atoms with Crippen LogP contribution >= 0.6 is 12.4 Å². The number of carbonyl (C=O) groups excluding carboxylic acids is 6. The van der Waals surface area contributed by atoms with E-state index in [1.54, 1.807) is 83.6 Å². The van der Waals surface area contributed by atoms with Crippen LogP contribution in [0.1, 0.15) is 69.7 Å². The number of nitrogens with one attached hydrogen (secondary N) is 4. The molecule has 296 valence electrons. The minimum absolute atomic E-state index is 0. The highest BCUT2D eigenvalue weighted by Gasteiger charge is 2.27. The summed E-state index contributed by atoms with van der Waals surface area (Å²) in [6.45, 7) is 4.98. The fourth-order valence-electron chi connectivity index (χ4n) is 4.91. The number of hydrogen-bond acceptors (Lipinski definition) is 9. The van der Waals surface area contributed by atoms with Crippen molar-refractivity contribution in [2.75, 3.05) is 41.3 Å². The lowest BCUT2D eigenvalue weighted by Crippen LogP contribution is -2.49. The predicted molar refractivity (Wildman–Crippen MR) is 204 cm³/mol. The molecule has 0 heterocycles. The summed E-state index contributed by atoms with van der Waals surface area (Å²) in [5, 5.41) is 29.8. The third kappa shape index (κ3) is 17.2. The quantitative estimate of drug-likeness (QED) is 0.114. The first-order valence-corrected chi connectivity index (χ1v) is 17.3. The Morgan fingerprint density at radius 1 is 0.642 bits per heavy atom. The van der Waals surface area contributed by atoms with Gasteiger partial charge in [0.25, 0.3) is 5.91 Å². The largest absolute Gasteiger partial charge is 0.383 e. The first-order valence-electron chi connectivity index (χ1n) is 17.3. The summed E-state index contributed by atoms with van der Waals surface area (Å²) in [4.78, 5) is 75.7. The van der Waals surface area contributed by atoms with E-state index in [-0.39, 0.29) is 43.2 Å². The Balaban J connectivity index is 0.00000100. The van der Waals surface area contributed by atoms with Crippen LogP contribution < -0.4 is 27.0 Å². The third-order valence-electron chi connectivity index (χ3n) is 7.95. The molecule has 2 aromatic rings. The van der Waals surface area contributed by atoms with Gasteiger partial charge in [0.1, 0.15) is 24.3 Å². The third-order valence-corrected chi connectivity index (χ3v) is 7.95. The molecule has 2 aromatic carbocycles. The van der Waals surface area contributed by atoms with Crippen LogP contribution in [0.2, 0.25) is 0 Å². The molecule has 2 rings (SSSR count). The zero-order valence-electron chi connectivity index (χ0n) is 31.7. The van der Waals surface area contributed by atoms with Crippen molar-refractivity contribution in [3.05, 3.63) is 71.8 Å². The van der Waals surface area contributed by atoms with Gasteiger partial charge in [0.05, 0.1) is 13.1 Å². The number of halogens is 1. The number of benzene rings is 2. The van der Waals surface area contributed by atoms with E-state index in [2.05, 4.69) is 21.3 Å². The Bertz CT molecular complexity index is 1330. The summed E-state index contributed by atoms with van der Waals surface area (Å²) in [6, 6.07) is 15.3. The van der Waals surface area contributed by atoms with E-state index in [0.717, 1.165) is 12.8 Å². The normalized spacial score (nSPS) is 13.8. The molecular formula is C37H58ClN7O8. The van der Waals surface area contributed by atoms with Gasteiger partial charge in [-0.1, -0.05) is 94.3 Å². The smallest absolute Gasteiger partial charge is 0.250 e. The molecule has 0 spiro atoms. The SMILES string of the molecule is CCCC(C)C(O)C(=O)NCC(=O)N[C@H](C(=O)N(C)C)c1ccccc1.CCCC(N)C(O)C(=O)NCC(=O)N[C@H](C(=O)N(C)C)c1ccccc1.Cl. The Kier molecular flexibility index (Phi) is 23.2. The molecule has 0 bridgehead atoms. The first-order chi connectivity index (χ1) is 24.5. The van der Waals surface area contributed by atoms with Gasteiger partial charge in [-0.15, -0.1) is 12.4 Å². The second kappa shape index (κ2) is 25.4. The van der Waals surface area contributed by atoms with Crippen molar-refractivity contribution in [2.45, 2.75) is 76.8 Å². The molecule has 0 saturated heterocycles. The van der Waals surface area contributed by atoms with E-state index in [1.807, 2.05) is 26.0 Å². The van der Waals surface area contributed by atoms with Crippen LogP contribution in [0.5, 0.6) is 0 Å². The van der Waals surface area contributed by atoms with E-state index in [1.165, 1.54) is 9.80 Å². The average Bonchev–Trinajstić information content (AvgIpc) is 3.13. The number of likely N-dealkylation sites (N-methyl/N-ethyl adjacent to an activating group) is 2. The molecule has 0 fully saturated rings. The fourth-order valence-corrected chi connectivity index (χ4v) is 4.91. The molecule has 4 unspecified atom stereocenters. The van der Waals surface area contributed by atoms with Gasteiger partial charge in [0.2, 0.25) is 29.5 Å². The second-order valence-electron chi connectivity index (χ2n) is 12.8. The molecule has 0 aliphatic rings. The van der Waals surface area contributed by atoms with Gasteiger partial charge in [-0.05, 0) is 29.9 Å². The summed E-state index contributed by atoms with van der Waals surface area (Å²) in [5.41, 5.74) is 6.99. The van der Waals surface area contributed by atoms with Crippen molar-refractivity contribution < 1.29 is 39.0 Å². The summed E-state index contributed by atoms with van der Waals surface area (Å²) >= 11 is 0. The maximum absolute atomic E-state index is 12.4. The lowest BCUT2D eigenvalue weighted by molar-refractivity contribution is -0.136. The Labute approximate surface area is 318 Å². The number of rotatable bonds is 18. The van der Waals surface area contributed by atoms with Crippen LogP contribution in [0.15, 0.2) is 60.7 Å². The van der Waals surface area contributed by atoms with Crippen LogP contribution in [0.4, 0.5) is 0 Å². The molecule has 8 N–H and O–H groups in total. The van der Waals surface area contributed by atoms with Crippen LogP contribution in [0.3, 0.4) is 0 Å². The van der Waals surface area contributed by atoms with E-state index in [4.69, 9.17) is 5.73 Å². The number of nitrogens with two attached hydrogens (primary N) is 1. The standard InChI is InChI=1S/C19H29N3O4.C18H28N4O4.ClH/c1-5-9-13(2)17(24)18(25)20-12-15(23)21-16(19(26)22(3)4)14-10-7-6-8-11-14;1-4-8-13(19)16(24)17(25)20-11-14(23)21-15(18(26)22(2)3)12-9-6-5-7-10-12;/h6-8,10-11,13,16-17,24H,5,9,12H2,1-4H3,(H,20,25)(H,21,23);5-7,9-10,13,15-16,24H,4,8,11,19H2,1-3H3,(H,20,25)(H,21,23);1H/t13?,16-,17?;13?,15-,16?;/m00./s1. The lowest BCUT2D eigenvalue weighted by atomic mass is 9.99. The van der Waals surface area contributed by atoms with Gasteiger partial charge in [-0.2, -0.15) is 0 Å². The highest BCUT2D eigenvalue weighted by molar-refractivity contribution is 5.92. The first kappa shape index (κ1) is 48.4. The number of amides is 6. The summed E-state index contributed by atoms with van der Waals surface area (Å²) in [7, 11) is 6.41. The van der Waals surface area contributed by atoms with Crippen molar-refractivity contribution in [2.24, 2.45) is 11.7 Å². The minimum atomic E-state index is -1.38. The highest BCUT2D eigenvalue weighted by Crippen LogP contribution is 2.16. The van der Waals surface area contributed by atoms with Crippen LogP contribution in [-0.4, -0.2) is 115 Å². The van der Waals surface area contributed by atoms with E-state index in [0.29, 0.717) is 24.0 Å². The molecule has 0 aliphatic carbocycles. The van der Waals surface area contributed by atoms with Crippen molar-refractivity contribution in [1.29, 1.82) is 0 Å². The summed E-state index contributed by atoms with van der Waals surface area (Å²) in [5.74, 6) is -3.09. The molecular weight excluding hydrogens is 706 g/mol. The molecule has 0 saturated carbocycles. The van der Waals surface area contributed by atoms with E-state index >= 15 is 0 Å². The zero-order valence-corrected chi connectivity index (χ0v) is 32.5.